The van der Waals surface area contributed by atoms with Crippen molar-refractivity contribution < 1.29 is 0 Å². The summed E-state index contributed by atoms with van der Waals surface area (Å²) in [4.78, 5) is 2.31. The van der Waals surface area contributed by atoms with Gasteiger partial charge in [0.05, 0.1) is 22.1 Å². The Labute approximate surface area is 351 Å². The Kier molecular flexibility index (Phi) is 7.52. The van der Waals surface area contributed by atoms with E-state index >= 15 is 0 Å². The smallest absolute Gasteiger partial charge is 0.0748 e. The molecule has 0 N–H and O–H groups in total. The predicted octanol–water partition coefficient (Wildman–Crippen LogP) is 14.9. The fourth-order valence-electron chi connectivity index (χ4n) is 10.8. The molecular formula is C58H42N2. The lowest BCUT2D eigenvalue weighted by molar-refractivity contribution is 0.556. The zero-order chi connectivity index (χ0) is 40.0. The van der Waals surface area contributed by atoms with Gasteiger partial charge in [-0.15, -0.1) is 0 Å². The van der Waals surface area contributed by atoms with Gasteiger partial charge in [-0.1, -0.05) is 178 Å². The quantitative estimate of drug-likeness (QED) is 0.169. The highest BCUT2D eigenvalue weighted by molar-refractivity contribution is 6.12. The van der Waals surface area contributed by atoms with Crippen LogP contribution >= 0.6 is 0 Å². The molecule has 10 aromatic rings. The molecule has 1 spiro atoms. The van der Waals surface area contributed by atoms with Crippen LogP contribution < -0.4 is 4.90 Å². The molecule has 1 aliphatic carbocycles. The Bertz CT molecular complexity index is 3230. The van der Waals surface area contributed by atoms with E-state index in [1.54, 1.807) is 0 Å². The summed E-state index contributed by atoms with van der Waals surface area (Å²) in [5.41, 5.74) is 19.4. The number of fused-ring (bicyclic) bond motifs is 11. The van der Waals surface area contributed by atoms with E-state index in [0.29, 0.717) is 0 Å². The number of aromatic nitrogens is 1. The van der Waals surface area contributed by atoms with Gasteiger partial charge in [-0.3, -0.25) is 0 Å². The van der Waals surface area contributed by atoms with Crippen LogP contribution in [0.1, 0.15) is 47.2 Å². The molecule has 0 saturated heterocycles. The van der Waals surface area contributed by atoms with Crippen LogP contribution in [-0.4, -0.2) is 4.57 Å². The van der Waals surface area contributed by atoms with E-state index in [-0.39, 0.29) is 5.41 Å². The maximum atomic E-state index is 2.53. The van der Waals surface area contributed by atoms with E-state index < -0.39 is 5.41 Å². The maximum absolute atomic E-state index is 2.53. The Balaban J connectivity index is 1.00. The van der Waals surface area contributed by atoms with Crippen molar-refractivity contribution in [3.05, 3.63) is 252 Å². The standard InChI is InChI=1S/C58H42N2/c1-57(2)48-22-10-11-23-50(48)58(51-24-12-14-27-55(51)60-54-26-13-9-20-46(54)47-21-15-25-52(58)56(47)60)53-38-42(34-37-49(53)57)41-30-28-39(29-31-41)40-32-35-45(36-33-40)59(43-16-5-3-6-17-43)44-18-7-4-8-19-44/h3-38H,1-2H3. The van der Waals surface area contributed by atoms with Crippen LogP contribution in [0, 0.1) is 0 Å². The minimum absolute atomic E-state index is 0.199. The fraction of sp³-hybridized carbons (Fsp3) is 0.0690. The highest BCUT2D eigenvalue weighted by Gasteiger charge is 2.52. The van der Waals surface area contributed by atoms with Gasteiger partial charge in [0.2, 0.25) is 0 Å². The molecule has 0 bridgehead atoms. The number of anilines is 3. The van der Waals surface area contributed by atoms with E-state index in [0.717, 1.165) is 17.1 Å². The molecule has 1 aromatic heterocycles. The molecule has 1 atom stereocenters. The molecule has 12 rings (SSSR count). The van der Waals surface area contributed by atoms with Gasteiger partial charge in [-0.05, 0) is 110 Å². The number of para-hydroxylation sites is 5. The van der Waals surface area contributed by atoms with Crippen molar-refractivity contribution in [3.8, 4) is 27.9 Å². The SMILES string of the molecule is CC1(C)c2ccccc2C2(c3ccccc3-n3c4ccccc4c4cccc2c43)c2cc(-c3ccc(-c4ccc(N(c5ccccc5)c5ccccc5)cc4)cc3)ccc21. The first-order valence-electron chi connectivity index (χ1n) is 21.0. The second kappa shape index (κ2) is 13.0. The number of hydrogen-bond donors (Lipinski definition) is 0. The lowest BCUT2D eigenvalue weighted by Gasteiger charge is -2.50. The van der Waals surface area contributed by atoms with Gasteiger partial charge in [-0.2, -0.15) is 0 Å². The van der Waals surface area contributed by atoms with Crippen LogP contribution in [0.3, 0.4) is 0 Å². The molecule has 2 nitrogen and oxygen atoms in total. The van der Waals surface area contributed by atoms with Crippen LogP contribution in [-0.2, 0) is 10.8 Å². The summed E-state index contributed by atoms with van der Waals surface area (Å²) < 4.78 is 2.53. The van der Waals surface area contributed by atoms with Crippen molar-refractivity contribution in [3.63, 3.8) is 0 Å². The first kappa shape index (κ1) is 34.6. The van der Waals surface area contributed by atoms with Crippen molar-refractivity contribution >= 4 is 38.9 Å². The van der Waals surface area contributed by atoms with Gasteiger partial charge in [0, 0.05) is 33.2 Å². The number of rotatable bonds is 5. The Morgan fingerprint density at radius 3 is 1.53 bits per heavy atom. The van der Waals surface area contributed by atoms with Crippen molar-refractivity contribution in [1.82, 2.24) is 4.57 Å². The molecular weight excluding hydrogens is 725 g/mol. The normalized spacial score (nSPS) is 15.7. The first-order valence-corrected chi connectivity index (χ1v) is 21.0. The van der Waals surface area contributed by atoms with Gasteiger partial charge in [0.25, 0.3) is 0 Å². The molecule has 2 heterocycles. The Morgan fingerprint density at radius 2 is 0.833 bits per heavy atom. The van der Waals surface area contributed by atoms with Crippen LogP contribution in [0.25, 0.3) is 49.7 Å². The summed E-state index contributed by atoms with van der Waals surface area (Å²) in [6, 6.07) is 80.8. The van der Waals surface area contributed by atoms with Crippen LogP contribution in [0.15, 0.2) is 218 Å². The lowest BCUT2D eigenvalue weighted by Crippen LogP contribution is -2.44. The van der Waals surface area contributed by atoms with Crippen molar-refractivity contribution in [2.75, 3.05) is 4.90 Å². The zero-order valence-electron chi connectivity index (χ0n) is 33.7. The molecule has 284 valence electrons. The second-order valence-corrected chi connectivity index (χ2v) is 16.9. The lowest BCUT2D eigenvalue weighted by atomic mass is 9.53. The topological polar surface area (TPSA) is 8.17 Å². The van der Waals surface area contributed by atoms with Gasteiger partial charge < -0.3 is 9.47 Å². The minimum Gasteiger partial charge on any atom is -0.311 e. The molecule has 1 unspecified atom stereocenters. The molecule has 2 heteroatoms. The Hall–Kier alpha value is -7.42. The van der Waals surface area contributed by atoms with Crippen molar-refractivity contribution in [2.45, 2.75) is 24.7 Å². The summed E-state index contributed by atoms with van der Waals surface area (Å²) in [6.07, 6.45) is 0. The summed E-state index contributed by atoms with van der Waals surface area (Å²) in [5, 5.41) is 2.59. The average molecular weight is 767 g/mol. The molecule has 60 heavy (non-hydrogen) atoms. The molecule has 0 radical (unpaired) electrons. The van der Waals surface area contributed by atoms with Crippen LogP contribution in [0.5, 0.6) is 0 Å². The molecule has 1 aliphatic heterocycles. The van der Waals surface area contributed by atoms with E-state index in [1.807, 2.05) is 0 Å². The highest BCUT2D eigenvalue weighted by atomic mass is 15.1. The highest BCUT2D eigenvalue weighted by Crippen LogP contribution is 2.60. The molecule has 0 fully saturated rings. The average Bonchev–Trinajstić information content (AvgIpc) is 3.65. The van der Waals surface area contributed by atoms with Gasteiger partial charge >= 0.3 is 0 Å². The fourth-order valence-corrected chi connectivity index (χ4v) is 10.8. The van der Waals surface area contributed by atoms with Crippen LogP contribution in [0.4, 0.5) is 17.1 Å². The van der Waals surface area contributed by atoms with E-state index in [2.05, 4.69) is 242 Å². The largest absolute Gasteiger partial charge is 0.311 e. The third-order valence-electron chi connectivity index (χ3n) is 13.5. The van der Waals surface area contributed by atoms with E-state index in [4.69, 9.17) is 0 Å². The summed E-state index contributed by atoms with van der Waals surface area (Å²) in [5.74, 6) is 0. The third kappa shape index (κ3) is 4.82. The zero-order valence-corrected chi connectivity index (χ0v) is 33.7. The molecule has 9 aromatic carbocycles. The maximum Gasteiger partial charge on any atom is 0.0748 e. The molecule has 0 saturated carbocycles. The predicted molar refractivity (Wildman–Crippen MR) is 250 cm³/mol. The third-order valence-corrected chi connectivity index (χ3v) is 13.5. The second-order valence-electron chi connectivity index (χ2n) is 16.9. The molecule has 0 amide bonds. The summed E-state index contributed by atoms with van der Waals surface area (Å²) in [6.45, 7) is 4.81. The number of benzene rings is 9. The first-order chi connectivity index (χ1) is 29.5. The Morgan fingerprint density at radius 1 is 0.350 bits per heavy atom. The van der Waals surface area contributed by atoms with Gasteiger partial charge in [-0.25, -0.2) is 0 Å². The van der Waals surface area contributed by atoms with E-state index in [1.165, 1.54) is 83.1 Å². The molecule has 2 aliphatic rings. The van der Waals surface area contributed by atoms with Gasteiger partial charge in [0.15, 0.2) is 0 Å². The van der Waals surface area contributed by atoms with Crippen molar-refractivity contribution in [1.29, 1.82) is 0 Å². The summed E-state index contributed by atoms with van der Waals surface area (Å²) in [7, 11) is 0. The van der Waals surface area contributed by atoms with E-state index in [9.17, 15) is 0 Å². The van der Waals surface area contributed by atoms with Crippen LogP contribution in [0.2, 0.25) is 0 Å². The number of hydrogen-bond acceptors (Lipinski definition) is 1. The monoisotopic (exact) mass is 766 g/mol. The van der Waals surface area contributed by atoms with Crippen molar-refractivity contribution in [2.24, 2.45) is 0 Å². The van der Waals surface area contributed by atoms with Gasteiger partial charge in [0.1, 0.15) is 0 Å². The minimum atomic E-state index is -0.521. The number of nitrogens with zero attached hydrogens (tertiary/aromatic N) is 2. The summed E-state index contributed by atoms with van der Waals surface area (Å²) >= 11 is 0.